The zero-order valence-electron chi connectivity index (χ0n) is 15.9. The number of carbonyl (C=O) groups excluding carboxylic acids is 3. The quantitative estimate of drug-likeness (QED) is 0.340. The van der Waals surface area contributed by atoms with E-state index in [4.69, 9.17) is 4.74 Å². The zero-order chi connectivity index (χ0) is 20.6. The number of hydrogen-bond acceptors (Lipinski definition) is 4. The van der Waals surface area contributed by atoms with Crippen LogP contribution in [0, 0.1) is 41.3 Å². The van der Waals surface area contributed by atoms with Gasteiger partial charge < -0.3 is 4.74 Å². The predicted molar refractivity (Wildman–Crippen MR) is 105 cm³/mol. The first-order chi connectivity index (χ1) is 14.6. The molecule has 2 amide bonds. The van der Waals surface area contributed by atoms with Crippen LogP contribution in [0.4, 0.5) is 10.1 Å². The number of ether oxygens (including phenoxy) is 1. The fraction of sp³-hybridized carbons (Fsp3) is 0.292. The van der Waals surface area contributed by atoms with E-state index in [1.165, 1.54) is 35.2 Å². The molecule has 1 aliphatic heterocycles. The maximum absolute atomic E-state index is 14.0. The summed E-state index contributed by atoms with van der Waals surface area (Å²) in [5.74, 6) is -1.41. The van der Waals surface area contributed by atoms with Gasteiger partial charge in [0.25, 0.3) is 0 Å². The number of benzene rings is 2. The maximum atomic E-state index is 14.0. The van der Waals surface area contributed by atoms with Gasteiger partial charge in [-0.1, -0.05) is 36.4 Å². The highest BCUT2D eigenvalue weighted by Gasteiger charge is 2.67. The van der Waals surface area contributed by atoms with Crippen LogP contribution in [0.2, 0.25) is 0 Å². The molecule has 2 saturated carbocycles. The van der Waals surface area contributed by atoms with Gasteiger partial charge in [-0.15, -0.1) is 0 Å². The van der Waals surface area contributed by atoms with Crippen LogP contribution < -0.4 is 9.64 Å². The molecule has 5 aliphatic rings. The number of hydrogen-bond donors (Lipinski definition) is 0. The Labute approximate surface area is 172 Å². The van der Waals surface area contributed by atoms with Crippen molar-refractivity contribution in [3.8, 4) is 5.75 Å². The van der Waals surface area contributed by atoms with Gasteiger partial charge in [0.2, 0.25) is 11.8 Å². The van der Waals surface area contributed by atoms with Gasteiger partial charge >= 0.3 is 5.97 Å². The standard InChI is InChI=1S/C24H18FNO4/c25-17-6-2-1-5-14(17)24(29)30-19-8-4-3-7-18(19)26-22(27)20-12-9-10-13(16-11-15(12)16)21(20)23(26)28/h1-10,12-13,15-16,20-21H,11H2/t12-,13+,15-,16+,20+,21-. The number of amides is 2. The van der Waals surface area contributed by atoms with Gasteiger partial charge in [0, 0.05) is 0 Å². The Morgan fingerprint density at radius 2 is 1.50 bits per heavy atom. The minimum atomic E-state index is -0.875. The lowest BCUT2D eigenvalue weighted by Gasteiger charge is -2.37. The van der Waals surface area contributed by atoms with Crippen molar-refractivity contribution in [2.45, 2.75) is 6.42 Å². The van der Waals surface area contributed by atoms with Crippen molar-refractivity contribution in [1.29, 1.82) is 0 Å². The summed E-state index contributed by atoms with van der Waals surface area (Å²) in [6, 6.07) is 12.0. The summed E-state index contributed by atoms with van der Waals surface area (Å²) >= 11 is 0. The van der Waals surface area contributed by atoms with Gasteiger partial charge in [0.1, 0.15) is 5.82 Å². The van der Waals surface area contributed by atoms with E-state index in [0.29, 0.717) is 11.8 Å². The lowest BCUT2D eigenvalue weighted by molar-refractivity contribution is -0.124. The van der Waals surface area contributed by atoms with E-state index in [9.17, 15) is 18.8 Å². The summed E-state index contributed by atoms with van der Waals surface area (Å²) in [4.78, 5) is 40.4. The molecule has 5 nitrogen and oxygen atoms in total. The number of halogens is 1. The third-order valence-corrected chi connectivity index (χ3v) is 7.07. The second-order valence-electron chi connectivity index (χ2n) is 8.50. The molecule has 6 heteroatoms. The summed E-state index contributed by atoms with van der Waals surface area (Å²) < 4.78 is 19.4. The summed E-state index contributed by atoms with van der Waals surface area (Å²) in [6.45, 7) is 0. The summed E-state index contributed by atoms with van der Waals surface area (Å²) in [5.41, 5.74) is 0.0297. The second-order valence-corrected chi connectivity index (χ2v) is 8.50. The second kappa shape index (κ2) is 6.11. The van der Waals surface area contributed by atoms with Crippen molar-refractivity contribution in [1.82, 2.24) is 0 Å². The molecule has 30 heavy (non-hydrogen) atoms. The minimum absolute atomic E-state index is 0.0663. The third kappa shape index (κ3) is 2.30. The van der Waals surface area contributed by atoms with Crippen LogP contribution in [0.3, 0.4) is 0 Å². The summed E-state index contributed by atoms with van der Waals surface area (Å²) in [7, 11) is 0. The van der Waals surface area contributed by atoms with Gasteiger partial charge in [-0.25, -0.2) is 14.1 Å². The first-order valence-electron chi connectivity index (χ1n) is 10.2. The van der Waals surface area contributed by atoms with Gasteiger partial charge in [-0.05, 0) is 54.4 Å². The van der Waals surface area contributed by atoms with Crippen molar-refractivity contribution in [3.63, 3.8) is 0 Å². The van der Waals surface area contributed by atoms with E-state index in [1.54, 1.807) is 18.2 Å². The highest BCUT2D eigenvalue weighted by Crippen LogP contribution is 2.65. The number of para-hydroxylation sites is 2. The van der Waals surface area contributed by atoms with Crippen LogP contribution in [0.5, 0.6) is 5.75 Å². The Morgan fingerprint density at radius 3 is 2.17 bits per heavy atom. The van der Waals surface area contributed by atoms with Crippen LogP contribution in [-0.4, -0.2) is 17.8 Å². The van der Waals surface area contributed by atoms with Gasteiger partial charge in [0.15, 0.2) is 5.75 Å². The molecular formula is C24H18FNO4. The Hall–Kier alpha value is -3.28. The number of anilines is 1. The zero-order valence-corrected chi connectivity index (χ0v) is 15.9. The number of rotatable bonds is 3. The molecule has 7 rings (SSSR count). The molecule has 4 aliphatic carbocycles. The van der Waals surface area contributed by atoms with Gasteiger partial charge in [-0.3, -0.25) is 9.59 Å². The van der Waals surface area contributed by atoms with Crippen molar-refractivity contribution < 1.29 is 23.5 Å². The highest BCUT2D eigenvalue weighted by atomic mass is 19.1. The van der Waals surface area contributed by atoms with Gasteiger partial charge in [0.05, 0.1) is 23.1 Å². The molecule has 0 unspecified atom stereocenters. The smallest absolute Gasteiger partial charge is 0.346 e. The molecule has 150 valence electrons. The lowest BCUT2D eigenvalue weighted by Crippen LogP contribution is -2.40. The van der Waals surface area contributed by atoms with Crippen LogP contribution in [0.25, 0.3) is 0 Å². The molecule has 6 atom stereocenters. The summed E-state index contributed by atoms with van der Waals surface area (Å²) in [5, 5.41) is 0. The molecular weight excluding hydrogens is 385 g/mol. The molecule has 0 radical (unpaired) electrons. The van der Waals surface area contributed by atoms with Crippen LogP contribution in [-0.2, 0) is 9.59 Å². The molecule has 0 N–H and O–H groups in total. The molecule has 2 bridgehead atoms. The van der Waals surface area contributed by atoms with Crippen molar-refractivity contribution in [2.24, 2.45) is 35.5 Å². The van der Waals surface area contributed by atoms with Crippen LogP contribution in [0.1, 0.15) is 16.8 Å². The monoisotopic (exact) mass is 403 g/mol. The van der Waals surface area contributed by atoms with E-state index in [0.717, 1.165) is 6.42 Å². The maximum Gasteiger partial charge on any atom is 0.346 e. The molecule has 3 fully saturated rings. The number of allylic oxidation sites excluding steroid dienone is 2. The van der Waals surface area contributed by atoms with Crippen LogP contribution >= 0.6 is 0 Å². The largest absolute Gasteiger partial charge is 0.421 e. The number of esters is 1. The summed E-state index contributed by atoms with van der Waals surface area (Å²) in [6.07, 6.45) is 5.31. The number of carbonyl (C=O) groups is 3. The van der Waals surface area contributed by atoms with E-state index in [2.05, 4.69) is 12.2 Å². The van der Waals surface area contributed by atoms with E-state index in [1.807, 2.05) is 0 Å². The van der Waals surface area contributed by atoms with Crippen LogP contribution in [0.15, 0.2) is 60.7 Å². The lowest BCUT2D eigenvalue weighted by atomic mass is 9.63. The number of nitrogens with zero attached hydrogens (tertiary/aromatic N) is 1. The van der Waals surface area contributed by atoms with Crippen molar-refractivity contribution >= 4 is 23.5 Å². The van der Waals surface area contributed by atoms with E-state index in [-0.39, 0.29) is 52.5 Å². The minimum Gasteiger partial charge on any atom is -0.421 e. The Bertz CT molecular complexity index is 1110. The average Bonchev–Trinajstić information content (AvgIpc) is 3.53. The molecule has 0 spiro atoms. The van der Waals surface area contributed by atoms with Crippen molar-refractivity contribution in [2.75, 3.05) is 4.90 Å². The molecule has 1 saturated heterocycles. The molecule has 1 heterocycles. The Balaban J connectivity index is 1.35. The topological polar surface area (TPSA) is 63.7 Å². The Morgan fingerprint density at radius 1 is 0.900 bits per heavy atom. The third-order valence-electron chi connectivity index (χ3n) is 7.07. The number of imide groups is 1. The normalized spacial score (nSPS) is 32.8. The molecule has 2 aromatic carbocycles. The first kappa shape index (κ1) is 17.6. The first-order valence-corrected chi connectivity index (χ1v) is 10.2. The van der Waals surface area contributed by atoms with E-state index < -0.39 is 11.8 Å². The molecule has 2 aromatic rings. The van der Waals surface area contributed by atoms with E-state index >= 15 is 0 Å². The van der Waals surface area contributed by atoms with Gasteiger partial charge in [-0.2, -0.15) is 0 Å². The SMILES string of the molecule is O=C(Oc1ccccc1N1C(=O)[C@@H]2[C@H]3C=C[C@H]([C@H]4C[C@@H]34)[C@@H]2C1=O)c1ccccc1F. The highest BCUT2D eigenvalue weighted by molar-refractivity contribution is 6.23. The fourth-order valence-electron chi connectivity index (χ4n) is 5.70. The predicted octanol–water partition coefficient (Wildman–Crippen LogP) is 3.60. The van der Waals surface area contributed by atoms with Crippen molar-refractivity contribution in [3.05, 3.63) is 72.1 Å². The fourth-order valence-corrected chi connectivity index (χ4v) is 5.70. The molecule has 0 aromatic heterocycles. The average molecular weight is 403 g/mol. The Kier molecular flexibility index (Phi) is 3.58.